The molecular weight excluding hydrogens is 440 g/mol. The van der Waals surface area contributed by atoms with E-state index in [0.29, 0.717) is 28.7 Å². The van der Waals surface area contributed by atoms with Gasteiger partial charge in [-0.25, -0.2) is 0 Å². The Morgan fingerprint density at radius 2 is 1.97 bits per heavy atom. The Labute approximate surface area is 196 Å². The normalized spacial score (nSPS) is 15.8. The summed E-state index contributed by atoms with van der Waals surface area (Å²) in [6, 6.07) is 17.1. The van der Waals surface area contributed by atoms with Crippen molar-refractivity contribution >= 4 is 23.5 Å². The minimum absolute atomic E-state index is 0.135. The van der Waals surface area contributed by atoms with E-state index >= 15 is 0 Å². The maximum atomic E-state index is 12.8. The van der Waals surface area contributed by atoms with Gasteiger partial charge >= 0.3 is 0 Å². The van der Waals surface area contributed by atoms with Crippen LogP contribution in [0.3, 0.4) is 0 Å². The highest BCUT2D eigenvalue weighted by atomic mass is 35.5. The molecule has 0 aliphatic carbocycles. The number of allylic oxidation sites excluding steroid dienone is 3. The van der Waals surface area contributed by atoms with Crippen molar-refractivity contribution in [1.82, 2.24) is 0 Å². The molecule has 0 aromatic heterocycles. The molecule has 33 heavy (non-hydrogen) atoms. The first kappa shape index (κ1) is 21.3. The van der Waals surface area contributed by atoms with Crippen molar-refractivity contribution < 1.29 is 23.7 Å². The second-order valence-corrected chi connectivity index (χ2v) is 8.23. The number of carbonyl (C=O) groups is 1. The van der Waals surface area contributed by atoms with E-state index in [2.05, 4.69) is 0 Å². The van der Waals surface area contributed by atoms with Gasteiger partial charge in [-0.15, -0.1) is 0 Å². The second-order valence-electron chi connectivity index (χ2n) is 7.80. The molecule has 0 atom stereocenters. The lowest BCUT2D eigenvalue weighted by Gasteiger charge is -2.21. The first-order chi connectivity index (χ1) is 16.1. The molecule has 0 amide bonds. The number of Topliss-reactive ketones (excluding diaryl/α,β-unsaturated/α-hetero) is 1. The van der Waals surface area contributed by atoms with Gasteiger partial charge in [0.1, 0.15) is 23.9 Å². The number of rotatable bonds is 5. The molecule has 0 spiro atoms. The number of fused-ring (bicyclic) bond motifs is 2. The molecule has 0 fully saturated rings. The molecule has 166 valence electrons. The van der Waals surface area contributed by atoms with Crippen molar-refractivity contribution in [3.05, 3.63) is 105 Å². The standard InChI is InChI=1S/C27H21ClO5/c1-17-10-22(31-15-20-12-21(28)11-19-14-30-16-32-27(19)20)13-24-25(17)26(29)23(33-24)9-5-8-18-6-3-2-4-7-18/h2-13H,14-16H2,1H3/b8-5+,23-9-. The molecule has 0 saturated heterocycles. The summed E-state index contributed by atoms with van der Waals surface area (Å²) >= 11 is 6.24. The highest BCUT2D eigenvalue weighted by molar-refractivity contribution is 6.30. The number of ether oxygens (including phenoxy) is 4. The molecule has 0 N–H and O–H groups in total. The summed E-state index contributed by atoms with van der Waals surface area (Å²) in [5, 5.41) is 0.596. The Bertz CT molecular complexity index is 1280. The van der Waals surface area contributed by atoms with Gasteiger partial charge in [-0.2, -0.15) is 0 Å². The van der Waals surface area contributed by atoms with Gasteiger partial charge in [0.05, 0.1) is 12.2 Å². The fourth-order valence-corrected chi connectivity index (χ4v) is 4.17. The highest BCUT2D eigenvalue weighted by Crippen LogP contribution is 2.38. The van der Waals surface area contributed by atoms with Crippen molar-refractivity contribution in [1.29, 1.82) is 0 Å². The Morgan fingerprint density at radius 1 is 1.12 bits per heavy atom. The number of hydrogen-bond donors (Lipinski definition) is 0. The number of halogens is 1. The predicted molar refractivity (Wildman–Crippen MR) is 126 cm³/mol. The van der Waals surface area contributed by atoms with Crippen molar-refractivity contribution in [3.63, 3.8) is 0 Å². The fraction of sp³-hybridized carbons (Fsp3) is 0.148. The zero-order valence-corrected chi connectivity index (χ0v) is 18.7. The van der Waals surface area contributed by atoms with Crippen molar-refractivity contribution in [2.24, 2.45) is 0 Å². The van der Waals surface area contributed by atoms with Crippen LogP contribution in [-0.2, 0) is 18.0 Å². The minimum atomic E-state index is -0.135. The molecule has 2 heterocycles. The van der Waals surface area contributed by atoms with E-state index in [9.17, 15) is 4.79 Å². The number of ketones is 1. The third kappa shape index (κ3) is 4.51. The lowest BCUT2D eigenvalue weighted by molar-refractivity contribution is -0.0175. The molecule has 0 unspecified atom stereocenters. The van der Waals surface area contributed by atoms with Gasteiger partial charge < -0.3 is 18.9 Å². The number of carbonyl (C=O) groups excluding carboxylic acids is 1. The smallest absolute Gasteiger partial charge is 0.232 e. The average molecular weight is 461 g/mol. The third-order valence-corrected chi connectivity index (χ3v) is 5.64. The molecule has 5 rings (SSSR count). The van der Waals surface area contributed by atoms with Crippen molar-refractivity contribution in [3.8, 4) is 17.2 Å². The van der Waals surface area contributed by atoms with Gasteiger partial charge in [0.25, 0.3) is 0 Å². The Morgan fingerprint density at radius 3 is 2.82 bits per heavy atom. The second kappa shape index (κ2) is 9.14. The predicted octanol–water partition coefficient (Wildman–Crippen LogP) is 6.27. The van der Waals surface area contributed by atoms with E-state index < -0.39 is 0 Å². The summed E-state index contributed by atoms with van der Waals surface area (Å²) in [6.07, 6.45) is 5.42. The van der Waals surface area contributed by atoms with Gasteiger partial charge in [-0.1, -0.05) is 54.1 Å². The van der Waals surface area contributed by atoms with Crippen LogP contribution < -0.4 is 14.2 Å². The van der Waals surface area contributed by atoms with E-state index in [-0.39, 0.29) is 24.9 Å². The lowest BCUT2D eigenvalue weighted by Crippen LogP contribution is -2.14. The summed E-state index contributed by atoms with van der Waals surface area (Å²) in [4.78, 5) is 12.8. The molecular formula is C27H21ClO5. The lowest BCUT2D eigenvalue weighted by atomic mass is 10.0. The first-order valence-electron chi connectivity index (χ1n) is 10.5. The molecule has 0 saturated carbocycles. The van der Waals surface area contributed by atoms with Crippen LogP contribution in [0.2, 0.25) is 5.02 Å². The number of aryl methyl sites for hydroxylation is 1. The zero-order chi connectivity index (χ0) is 22.8. The van der Waals surface area contributed by atoms with Crippen LogP contribution >= 0.6 is 11.6 Å². The van der Waals surface area contributed by atoms with Crippen LogP contribution in [0, 0.1) is 6.92 Å². The number of hydrogen-bond acceptors (Lipinski definition) is 5. The van der Waals surface area contributed by atoms with Gasteiger partial charge in [-0.05, 0) is 42.3 Å². The van der Waals surface area contributed by atoms with Crippen LogP contribution in [0.4, 0.5) is 0 Å². The quantitative estimate of drug-likeness (QED) is 0.420. The van der Waals surface area contributed by atoms with E-state index in [1.807, 2.05) is 67.6 Å². The van der Waals surface area contributed by atoms with E-state index in [1.165, 1.54) is 0 Å². The van der Waals surface area contributed by atoms with E-state index in [0.717, 1.165) is 28.0 Å². The molecule has 3 aromatic rings. The largest absolute Gasteiger partial charge is 0.489 e. The molecule has 0 bridgehead atoms. The number of benzene rings is 3. The Kier molecular flexibility index (Phi) is 5.90. The summed E-state index contributed by atoms with van der Waals surface area (Å²) in [6.45, 7) is 2.78. The molecule has 3 aromatic carbocycles. The fourth-order valence-electron chi connectivity index (χ4n) is 3.91. The van der Waals surface area contributed by atoms with E-state index in [4.69, 9.17) is 30.5 Å². The van der Waals surface area contributed by atoms with Crippen LogP contribution in [-0.4, -0.2) is 12.6 Å². The van der Waals surface area contributed by atoms with Crippen molar-refractivity contribution in [2.45, 2.75) is 20.1 Å². The van der Waals surface area contributed by atoms with Crippen LogP contribution in [0.15, 0.2) is 72.5 Å². The van der Waals surface area contributed by atoms with Gasteiger partial charge in [-0.3, -0.25) is 4.79 Å². The monoisotopic (exact) mass is 460 g/mol. The zero-order valence-electron chi connectivity index (χ0n) is 18.0. The first-order valence-corrected chi connectivity index (χ1v) is 10.9. The maximum absolute atomic E-state index is 12.8. The molecule has 2 aliphatic rings. The molecule has 0 radical (unpaired) electrons. The van der Waals surface area contributed by atoms with Gasteiger partial charge in [0, 0.05) is 22.2 Å². The third-order valence-electron chi connectivity index (χ3n) is 5.43. The van der Waals surface area contributed by atoms with Gasteiger partial charge in [0.2, 0.25) is 5.78 Å². The average Bonchev–Trinajstić information content (AvgIpc) is 3.13. The molecule has 2 aliphatic heterocycles. The SMILES string of the molecule is Cc1cc(OCc2cc(Cl)cc3c2OCOC3)cc2c1C(=O)/C(=C/C=C/c1ccccc1)O2. The van der Waals surface area contributed by atoms with Crippen molar-refractivity contribution in [2.75, 3.05) is 6.79 Å². The Hall–Kier alpha value is -3.54. The minimum Gasteiger partial charge on any atom is -0.489 e. The summed E-state index contributed by atoms with van der Waals surface area (Å²) in [7, 11) is 0. The van der Waals surface area contributed by atoms with Crippen LogP contribution in [0.25, 0.3) is 6.08 Å². The molecule has 6 heteroatoms. The van der Waals surface area contributed by atoms with Crippen LogP contribution in [0.1, 0.15) is 32.6 Å². The highest BCUT2D eigenvalue weighted by Gasteiger charge is 2.29. The summed E-state index contributed by atoms with van der Waals surface area (Å²) in [5.41, 5.74) is 4.12. The summed E-state index contributed by atoms with van der Waals surface area (Å²) < 4.78 is 22.9. The topological polar surface area (TPSA) is 54.0 Å². The van der Waals surface area contributed by atoms with E-state index in [1.54, 1.807) is 12.1 Å². The molecule has 5 nitrogen and oxygen atoms in total. The Balaban J connectivity index is 1.34. The van der Waals surface area contributed by atoms with Crippen LogP contribution in [0.5, 0.6) is 17.2 Å². The summed E-state index contributed by atoms with van der Waals surface area (Å²) in [5.74, 6) is 1.98. The maximum Gasteiger partial charge on any atom is 0.232 e. The van der Waals surface area contributed by atoms with Gasteiger partial charge in [0.15, 0.2) is 12.6 Å².